The molecule has 0 bridgehead atoms. The summed E-state index contributed by atoms with van der Waals surface area (Å²) in [5.41, 5.74) is 3.94. The van der Waals surface area contributed by atoms with Crippen LogP contribution in [0.4, 0.5) is 27.5 Å². The van der Waals surface area contributed by atoms with Gasteiger partial charge in [-0.3, -0.25) is 9.97 Å². The predicted octanol–water partition coefficient (Wildman–Crippen LogP) is 4.61. The van der Waals surface area contributed by atoms with Crippen molar-refractivity contribution in [1.29, 1.82) is 0 Å². The molecule has 5 aromatic rings. The molecule has 0 spiro atoms. The number of halogens is 1. The van der Waals surface area contributed by atoms with Gasteiger partial charge in [-0.05, 0) is 48.0 Å². The van der Waals surface area contributed by atoms with Crippen LogP contribution >= 0.6 is 0 Å². The molecule has 10 heteroatoms. The highest BCUT2D eigenvalue weighted by Crippen LogP contribution is 2.33. The first-order valence-corrected chi connectivity index (χ1v) is 9.87. The van der Waals surface area contributed by atoms with Crippen molar-refractivity contribution in [2.24, 2.45) is 0 Å². The minimum atomic E-state index is -0.632. The average molecular weight is 444 g/mol. The van der Waals surface area contributed by atoms with Crippen LogP contribution in [0.5, 0.6) is 5.75 Å². The number of nitrogens with zero attached hydrogens (tertiary/aromatic N) is 3. The van der Waals surface area contributed by atoms with Crippen molar-refractivity contribution in [2.75, 3.05) is 17.7 Å². The molecule has 33 heavy (non-hydrogen) atoms. The van der Waals surface area contributed by atoms with E-state index in [2.05, 4.69) is 30.6 Å². The highest BCUT2D eigenvalue weighted by atomic mass is 19.1. The molecule has 3 heterocycles. The van der Waals surface area contributed by atoms with Crippen LogP contribution in [0.1, 0.15) is 0 Å². The molecule has 0 aliphatic carbocycles. The number of hydrogen-bond acceptors (Lipinski definition) is 8. The summed E-state index contributed by atoms with van der Waals surface area (Å²) in [7, 11) is 1.59. The molecule has 0 radical (unpaired) electrons. The fourth-order valence-electron chi connectivity index (χ4n) is 3.35. The summed E-state index contributed by atoms with van der Waals surface area (Å²) in [5, 5.41) is 5.95. The normalized spacial score (nSPS) is 10.8. The first-order chi connectivity index (χ1) is 16.1. The topological polar surface area (TPSA) is 118 Å². The van der Waals surface area contributed by atoms with Crippen LogP contribution in [0.2, 0.25) is 0 Å². The van der Waals surface area contributed by atoms with Crippen LogP contribution in [0.25, 0.3) is 22.2 Å². The molecule has 0 unspecified atom stereocenters. The van der Waals surface area contributed by atoms with Gasteiger partial charge in [0.25, 0.3) is 0 Å². The molecule has 164 valence electrons. The lowest BCUT2D eigenvalue weighted by Crippen LogP contribution is -2.03. The lowest BCUT2D eigenvalue weighted by Gasteiger charge is -2.13. The molecule has 9 nitrogen and oxygen atoms in total. The number of pyridine rings is 1. The SMILES string of the molecule is COc1cc(Nc2ncc(F)c(Nc3ccc4oc(=O)[nH]c4c3)n2)ccc1-c1ccncc1. The zero-order valence-electron chi connectivity index (χ0n) is 17.3. The minimum absolute atomic E-state index is 0.0296. The molecular weight excluding hydrogens is 427 g/mol. The van der Waals surface area contributed by atoms with Gasteiger partial charge in [0.15, 0.2) is 17.2 Å². The van der Waals surface area contributed by atoms with Crippen LogP contribution < -0.4 is 21.1 Å². The standard InChI is InChI=1S/C23H17FN6O3/c1-32-20-11-15(2-4-16(20)13-6-8-25-9-7-13)28-22-26-12-17(24)21(30-22)27-14-3-5-19-18(10-14)29-23(31)33-19/h2-12H,1H3,(H,29,31)(H2,26,27,28,30). The van der Waals surface area contributed by atoms with Crippen LogP contribution in [0.3, 0.4) is 0 Å². The number of nitrogens with one attached hydrogen (secondary N) is 3. The van der Waals surface area contributed by atoms with Gasteiger partial charge in [0, 0.05) is 35.4 Å². The Morgan fingerprint density at radius 1 is 1.03 bits per heavy atom. The van der Waals surface area contributed by atoms with Crippen molar-refractivity contribution < 1.29 is 13.5 Å². The summed E-state index contributed by atoms with van der Waals surface area (Å²) in [6, 6.07) is 14.2. The maximum absolute atomic E-state index is 14.4. The van der Waals surface area contributed by atoms with E-state index in [-0.39, 0.29) is 11.8 Å². The third-order valence-corrected chi connectivity index (χ3v) is 4.87. The van der Waals surface area contributed by atoms with Crippen molar-refractivity contribution >= 4 is 34.2 Å². The molecule has 2 aromatic carbocycles. The minimum Gasteiger partial charge on any atom is -0.496 e. The summed E-state index contributed by atoms with van der Waals surface area (Å²) >= 11 is 0. The van der Waals surface area contributed by atoms with Gasteiger partial charge in [-0.1, -0.05) is 0 Å². The highest BCUT2D eigenvalue weighted by Gasteiger charge is 2.11. The number of aromatic nitrogens is 4. The van der Waals surface area contributed by atoms with Crippen molar-refractivity contribution in [3.8, 4) is 16.9 Å². The van der Waals surface area contributed by atoms with Crippen LogP contribution in [0, 0.1) is 5.82 Å². The quantitative estimate of drug-likeness (QED) is 0.348. The lowest BCUT2D eigenvalue weighted by atomic mass is 10.1. The van der Waals surface area contributed by atoms with Gasteiger partial charge in [0.05, 0.1) is 18.8 Å². The molecule has 0 aliphatic heterocycles. The lowest BCUT2D eigenvalue weighted by molar-refractivity contribution is 0.416. The first-order valence-electron chi connectivity index (χ1n) is 9.87. The number of anilines is 4. The molecule has 0 atom stereocenters. The summed E-state index contributed by atoms with van der Waals surface area (Å²) in [6.07, 6.45) is 4.49. The highest BCUT2D eigenvalue weighted by molar-refractivity contribution is 5.78. The Hall–Kier alpha value is -4.73. The molecule has 0 aliphatic rings. The number of oxazole rings is 1. The van der Waals surface area contributed by atoms with Crippen LogP contribution in [-0.4, -0.2) is 27.0 Å². The molecular formula is C23H17FN6O3. The van der Waals surface area contributed by atoms with Crippen molar-refractivity contribution in [3.63, 3.8) is 0 Å². The number of aromatic amines is 1. The molecule has 0 fully saturated rings. The van der Waals surface area contributed by atoms with Gasteiger partial charge < -0.3 is 19.8 Å². The van der Waals surface area contributed by atoms with E-state index in [9.17, 15) is 9.18 Å². The van der Waals surface area contributed by atoms with E-state index in [0.29, 0.717) is 28.2 Å². The molecule has 3 N–H and O–H groups in total. The summed E-state index contributed by atoms with van der Waals surface area (Å²) in [4.78, 5) is 26.2. The van der Waals surface area contributed by atoms with E-state index in [1.807, 2.05) is 24.3 Å². The second-order valence-electron chi connectivity index (χ2n) is 7.02. The zero-order valence-corrected chi connectivity index (χ0v) is 17.3. The third-order valence-electron chi connectivity index (χ3n) is 4.87. The summed E-state index contributed by atoms with van der Waals surface area (Å²) in [6.45, 7) is 0. The third kappa shape index (κ3) is 4.22. The monoisotopic (exact) mass is 444 g/mol. The number of rotatable bonds is 6. The largest absolute Gasteiger partial charge is 0.496 e. The predicted molar refractivity (Wildman–Crippen MR) is 122 cm³/mol. The Balaban J connectivity index is 1.40. The number of fused-ring (bicyclic) bond motifs is 1. The van der Waals surface area contributed by atoms with E-state index < -0.39 is 11.6 Å². The Morgan fingerprint density at radius 2 is 1.82 bits per heavy atom. The van der Waals surface area contributed by atoms with Gasteiger partial charge in [-0.25, -0.2) is 14.2 Å². The summed E-state index contributed by atoms with van der Waals surface area (Å²) in [5.74, 6) is -0.387. The fraction of sp³-hybridized carbons (Fsp3) is 0.0435. The molecule has 0 amide bonds. The molecule has 0 saturated carbocycles. The number of methoxy groups -OCH3 is 1. The van der Waals surface area contributed by atoms with Gasteiger partial charge in [0.1, 0.15) is 5.75 Å². The van der Waals surface area contributed by atoms with E-state index in [1.54, 1.807) is 43.8 Å². The Morgan fingerprint density at radius 3 is 2.64 bits per heavy atom. The first kappa shape index (κ1) is 20.2. The second kappa shape index (κ2) is 8.42. The van der Waals surface area contributed by atoms with Gasteiger partial charge in [-0.2, -0.15) is 4.98 Å². The van der Waals surface area contributed by atoms with E-state index in [4.69, 9.17) is 9.15 Å². The average Bonchev–Trinajstić information content (AvgIpc) is 3.21. The van der Waals surface area contributed by atoms with Crippen molar-refractivity contribution in [2.45, 2.75) is 0 Å². The maximum Gasteiger partial charge on any atom is 0.417 e. The molecule has 0 saturated heterocycles. The smallest absolute Gasteiger partial charge is 0.417 e. The number of benzene rings is 2. The van der Waals surface area contributed by atoms with Crippen molar-refractivity contribution in [3.05, 3.63) is 83.5 Å². The Bertz CT molecular complexity index is 1500. The zero-order chi connectivity index (χ0) is 22.8. The number of hydrogen-bond donors (Lipinski definition) is 3. The van der Waals surface area contributed by atoms with E-state index in [0.717, 1.165) is 17.3 Å². The summed E-state index contributed by atoms with van der Waals surface area (Å²) < 4.78 is 24.9. The van der Waals surface area contributed by atoms with E-state index >= 15 is 0 Å². The number of ether oxygens (including phenoxy) is 1. The van der Waals surface area contributed by atoms with Crippen LogP contribution in [0.15, 0.2) is 76.3 Å². The number of H-pyrrole nitrogens is 1. The van der Waals surface area contributed by atoms with Gasteiger partial charge in [0.2, 0.25) is 5.95 Å². The maximum atomic E-state index is 14.4. The Labute approximate surface area is 186 Å². The van der Waals surface area contributed by atoms with E-state index in [1.165, 1.54) is 0 Å². The second-order valence-corrected chi connectivity index (χ2v) is 7.02. The fourth-order valence-corrected chi connectivity index (χ4v) is 3.35. The Kier molecular flexibility index (Phi) is 5.15. The van der Waals surface area contributed by atoms with Crippen molar-refractivity contribution in [1.82, 2.24) is 19.9 Å². The van der Waals surface area contributed by atoms with Gasteiger partial charge >= 0.3 is 5.76 Å². The molecule has 5 rings (SSSR count). The molecule has 3 aromatic heterocycles. The van der Waals surface area contributed by atoms with Crippen LogP contribution in [-0.2, 0) is 0 Å². The van der Waals surface area contributed by atoms with Gasteiger partial charge in [-0.15, -0.1) is 0 Å².